The van der Waals surface area contributed by atoms with Gasteiger partial charge in [-0.25, -0.2) is 0 Å². The molecule has 0 aromatic rings. The van der Waals surface area contributed by atoms with Crippen molar-refractivity contribution in [3.63, 3.8) is 0 Å². The summed E-state index contributed by atoms with van der Waals surface area (Å²) in [5.74, 6) is 0. The zero-order valence-electron chi connectivity index (χ0n) is 3.67. The van der Waals surface area contributed by atoms with E-state index in [0.29, 0.717) is 0 Å². The predicted octanol–water partition coefficient (Wildman–Crippen LogP) is -0.294. The lowest BCUT2D eigenvalue weighted by Gasteiger charge is -2.03. The molecule has 0 aliphatic heterocycles. The Hall–Kier alpha value is 0.610. The normalized spacial score (nSPS) is 10.3. The molecule has 0 amide bonds. The molecule has 0 radical (unpaired) electrons. The molecule has 0 saturated heterocycles. The van der Waals surface area contributed by atoms with Crippen molar-refractivity contribution in [1.82, 2.24) is 0 Å². The van der Waals surface area contributed by atoms with Gasteiger partial charge in [0.25, 0.3) is 0 Å². The van der Waals surface area contributed by atoms with E-state index in [4.69, 9.17) is 10.2 Å². The Morgan fingerprint density at radius 2 is 1.86 bits per heavy atom. The zero-order valence-corrected chi connectivity index (χ0v) is 5.83. The van der Waals surface area contributed by atoms with Crippen LogP contribution in [0.3, 0.4) is 0 Å². The van der Waals surface area contributed by atoms with Gasteiger partial charge in [-0.3, -0.25) is 0 Å². The van der Waals surface area contributed by atoms with E-state index in [1.165, 1.54) is 0 Å². The molecule has 4 heteroatoms. The van der Waals surface area contributed by atoms with Crippen molar-refractivity contribution in [3.8, 4) is 0 Å². The van der Waals surface area contributed by atoms with E-state index in [1.54, 1.807) is 23.0 Å². The maximum Gasteiger partial charge on any atom is 0.116 e. The molecule has 0 rings (SSSR count). The van der Waals surface area contributed by atoms with Crippen LogP contribution in [0.4, 0.5) is 0 Å². The first-order valence-electron chi connectivity index (χ1n) is 1.84. The molecular weight excluding hydrogens is 211 g/mol. The van der Waals surface area contributed by atoms with Gasteiger partial charge in [0.15, 0.2) is 0 Å². The average Bonchev–Trinajstić information content (AvgIpc) is 1.72. The average molecular weight is 218 g/mol. The molecule has 0 spiro atoms. The molecule has 0 fully saturated rings. The molecule has 2 N–H and O–H groups in total. The second-order valence-electron chi connectivity index (χ2n) is 1.08. The van der Waals surface area contributed by atoms with Gasteiger partial charge in [0, 0.05) is 0 Å². The van der Waals surface area contributed by atoms with Crippen LogP contribution < -0.4 is 0 Å². The lowest BCUT2D eigenvalue weighted by Crippen LogP contribution is -2.17. The third-order valence-corrected chi connectivity index (χ3v) is 1.25. The quantitative estimate of drug-likeness (QED) is 0.639. The SMILES string of the molecule is OCC(CO)OI. The highest BCUT2D eigenvalue weighted by Gasteiger charge is 2.00. The van der Waals surface area contributed by atoms with Gasteiger partial charge in [-0.2, -0.15) is 0 Å². The van der Waals surface area contributed by atoms with Gasteiger partial charge in [0.2, 0.25) is 0 Å². The number of hydrogen-bond donors (Lipinski definition) is 2. The smallest absolute Gasteiger partial charge is 0.116 e. The molecule has 0 bridgehead atoms. The summed E-state index contributed by atoms with van der Waals surface area (Å²) in [6.07, 6.45) is -0.416. The van der Waals surface area contributed by atoms with E-state index in [1.807, 2.05) is 0 Å². The molecule has 0 aromatic carbocycles. The van der Waals surface area contributed by atoms with Gasteiger partial charge >= 0.3 is 0 Å². The van der Waals surface area contributed by atoms with Crippen LogP contribution in [0.1, 0.15) is 0 Å². The van der Waals surface area contributed by atoms with Crippen LogP contribution in [0.5, 0.6) is 0 Å². The summed E-state index contributed by atoms with van der Waals surface area (Å²) in [4.78, 5) is 0. The standard InChI is InChI=1S/C3H7IO3/c4-7-3(1-5)2-6/h3,5-6H,1-2H2. The molecule has 0 atom stereocenters. The highest BCUT2D eigenvalue weighted by molar-refractivity contribution is 14.1. The Bertz CT molecular complexity index is 31.7. The molecular formula is C3H7IO3. The number of halogens is 1. The third-order valence-electron chi connectivity index (χ3n) is 0.533. The summed E-state index contributed by atoms with van der Waals surface area (Å²) < 4.78 is 4.52. The van der Waals surface area contributed by atoms with E-state index in [-0.39, 0.29) is 13.2 Å². The number of hydrogen-bond acceptors (Lipinski definition) is 3. The topological polar surface area (TPSA) is 49.7 Å². The Morgan fingerprint density at radius 1 is 1.43 bits per heavy atom. The Kier molecular flexibility index (Phi) is 5.18. The lowest BCUT2D eigenvalue weighted by atomic mass is 10.4. The molecule has 0 unspecified atom stereocenters. The van der Waals surface area contributed by atoms with Crippen LogP contribution in [0.15, 0.2) is 0 Å². The molecule has 0 heterocycles. The third kappa shape index (κ3) is 3.22. The molecule has 3 nitrogen and oxygen atoms in total. The summed E-state index contributed by atoms with van der Waals surface area (Å²) in [7, 11) is 0. The number of aliphatic hydroxyl groups is 2. The molecule has 0 aliphatic rings. The highest BCUT2D eigenvalue weighted by atomic mass is 127. The number of aliphatic hydroxyl groups excluding tert-OH is 2. The summed E-state index contributed by atoms with van der Waals surface area (Å²) in [6.45, 7) is -0.251. The van der Waals surface area contributed by atoms with Gasteiger partial charge < -0.3 is 13.3 Å². The fourth-order valence-corrected chi connectivity index (χ4v) is 0.436. The van der Waals surface area contributed by atoms with Crippen LogP contribution in [-0.2, 0) is 3.07 Å². The first-order chi connectivity index (χ1) is 3.35. The Morgan fingerprint density at radius 3 is 1.86 bits per heavy atom. The second-order valence-corrected chi connectivity index (χ2v) is 1.58. The minimum absolute atomic E-state index is 0.126. The maximum atomic E-state index is 8.24. The monoisotopic (exact) mass is 218 g/mol. The minimum Gasteiger partial charge on any atom is -0.394 e. The highest BCUT2D eigenvalue weighted by Crippen LogP contribution is 1.94. The summed E-state index contributed by atoms with van der Waals surface area (Å²) in [5, 5.41) is 16.5. The van der Waals surface area contributed by atoms with Crippen LogP contribution in [0, 0.1) is 0 Å². The molecule has 7 heavy (non-hydrogen) atoms. The van der Waals surface area contributed by atoms with Crippen molar-refractivity contribution in [2.45, 2.75) is 6.10 Å². The van der Waals surface area contributed by atoms with E-state index >= 15 is 0 Å². The first kappa shape index (κ1) is 7.61. The molecule has 0 saturated carbocycles. The minimum atomic E-state index is -0.416. The van der Waals surface area contributed by atoms with Gasteiger partial charge in [0.05, 0.1) is 13.2 Å². The largest absolute Gasteiger partial charge is 0.394 e. The Balaban J connectivity index is 2.99. The first-order valence-corrected chi connectivity index (χ1v) is 2.72. The van der Waals surface area contributed by atoms with Crippen molar-refractivity contribution in [2.24, 2.45) is 0 Å². The van der Waals surface area contributed by atoms with E-state index in [9.17, 15) is 0 Å². The van der Waals surface area contributed by atoms with Gasteiger partial charge in [-0.05, 0) is 0 Å². The molecule has 0 aromatic heterocycles. The van der Waals surface area contributed by atoms with Crippen LogP contribution >= 0.6 is 23.0 Å². The second kappa shape index (κ2) is 4.76. The van der Waals surface area contributed by atoms with Gasteiger partial charge in [-0.15, -0.1) is 0 Å². The maximum absolute atomic E-state index is 8.24. The summed E-state index contributed by atoms with van der Waals surface area (Å²) >= 11 is 1.63. The Labute approximate surface area is 56.0 Å². The van der Waals surface area contributed by atoms with Crippen molar-refractivity contribution < 1.29 is 13.3 Å². The molecule has 44 valence electrons. The summed E-state index contributed by atoms with van der Waals surface area (Å²) in [6, 6.07) is 0. The van der Waals surface area contributed by atoms with E-state index in [0.717, 1.165) is 0 Å². The lowest BCUT2D eigenvalue weighted by molar-refractivity contribution is 0.0941. The van der Waals surface area contributed by atoms with Crippen LogP contribution in [0.25, 0.3) is 0 Å². The van der Waals surface area contributed by atoms with Crippen molar-refractivity contribution >= 4 is 23.0 Å². The van der Waals surface area contributed by atoms with Crippen molar-refractivity contribution in [3.05, 3.63) is 0 Å². The predicted molar refractivity (Wildman–Crippen MR) is 33.1 cm³/mol. The fourth-order valence-electron chi connectivity index (χ4n) is 0.114. The van der Waals surface area contributed by atoms with Gasteiger partial charge in [0.1, 0.15) is 29.1 Å². The van der Waals surface area contributed by atoms with E-state index in [2.05, 4.69) is 3.07 Å². The molecule has 0 aliphatic carbocycles. The van der Waals surface area contributed by atoms with Crippen molar-refractivity contribution in [2.75, 3.05) is 13.2 Å². The van der Waals surface area contributed by atoms with Crippen LogP contribution in [0.2, 0.25) is 0 Å². The van der Waals surface area contributed by atoms with Crippen molar-refractivity contribution in [1.29, 1.82) is 0 Å². The van der Waals surface area contributed by atoms with E-state index < -0.39 is 6.10 Å². The number of rotatable bonds is 3. The summed E-state index contributed by atoms with van der Waals surface area (Å²) in [5.41, 5.74) is 0. The van der Waals surface area contributed by atoms with Crippen LogP contribution in [-0.4, -0.2) is 29.5 Å². The fraction of sp³-hybridized carbons (Fsp3) is 1.00. The van der Waals surface area contributed by atoms with Gasteiger partial charge in [-0.1, -0.05) is 0 Å². The zero-order chi connectivity index (χ0) is 5.70.